The molecule has 1 aromatic heterocycles. The molecular weight excluding hydrogens is 306 g/mol. The van der Waals surface area contributed by atoms with Gasteiger partial charge in [0, 0.05) is 24.1 Å². The first kappa shape index (κ1) is 16.5. The second kappa shape index (κ2) is 7.05. The number of carbonyl (C=O) groups excluding carboxylic acids is 1. The number of benzene rings is 1. The van der Waals surface area contributed by atoms with Crippen molar-refractivity contribution in [3.8, 4) is 5.75 Å². The Morgan fingerprint density at radius 2 is 2.17 bits per heavy atom. The molecule has 0 unspecified atom stereocenters. The van der Waals surface area contributed by atoms with Crippen LogP contribution in [-0.2, 0) is 0 Å². The number of nitrogens with one attached hydrogen (secondary N) is 1. The van der Waals surface area contributed by atoms with Crippen LogP contribution in [-0.4, -0.2) is 43.7 Å². The summed E-state index contributed by atoms with van der Waals surface area (Å²) in [6.45, 7) is 0.456. The van der Waals surface area contributed by atoms with Gasteiger partial charge in [0.15, 0.2) is 5.69 Å². The van der Waals surface area contributed by atoms with Crippen LogP contribution in [0, 0.1) is 0 Å². The maximum absolute atomic E-state index is 12.3. The summed E-state index contributed by atoms with van der Waals surface area (Å²) >= 11 is 0. The molecule has 2 aromatic rings. The van der Waals surface area contributed by atoms with E-state index < -0.39 is 0 Å². The van der Waals surface area contributed by atoms with Crippen LogP contribution in [0.1, 0.15) is 46.6 Å². The van der Waals surface area contributed by atoms with E-state index in [0.29, 0.717) is 18.2 Å². The van der Waals surface area contributed by atoms with Crippen LogP contribution in [0.15, 0.2) is 34.9 Å². The average molecular weight is 329 g/mol. The molecule has 0 aliphatic heterocycles. The fraction of sp³-hybridized carbons (Fsp3) is 0.444. The van der Waals surface area contributed by atoms with Crippen LogP contribution in [0.2, 0.25) is 0 Å². The summed E-state index contributed by atoms with van der Waals surface area (Å²) in [4.78, 5) is 14.4. The number of nitrogens with zero attached hydrogens (tertiary/aromatic N) is 2. The van der Waals surface area contributed by atoms with Crippen molar-refractivity contribution >= 4 is 5.91 Å². The maximum Gasteiger partial charge on any atom is 0.273 e. The molecular formula is C18H23N3O3. The van der Waals surface area contributed by atoms with Crippen molar-refractivity contribution in [3.63, 3.8) is 0 Å². The highest BCUT2D eigenvalue weighted by atomic mass is 16.5. The van der Waals surface area contributed by atoms with Crippen molar-refractivity contribution in [2.24, 2.45) is 0 Å². The van der Waals surface area contributed by atoms with Gasteiger partial charge in [0.2, 0.25) is 0 Å². The molecule has 24 heavy (non-hydrogen) atoms. The number of amides is 1. The second-order valence-corrected chi connectivity index (χ2v) is 6.32. The minimum atomic E-state index is -0.215. The lowest BCUT2D eigenvalue weighted by Gasteiger charge is -2.26. The van der Waals surface area contributed by atoms with Gasteiger partial charge in [-0.1, -0.05) is 23.4 Å². The van der Waals surface area contributed by atoms with Gasteiger partial charge in [-0.15, -0.1) is 0 Å². The minimum Gasteiger partial charge on any atom is -0.496 e. The first-order valence-electron chi connectivity index (χ1n) is 8.14. The summed E-state index contributed by atoms with van der Waals surface area (Å²) in [5, 5.41) is 6.83. The van der Waals surface area contributed by atoms with Gasteiger partial charge in [-0.3, -0.25) is 4.79 Å². The number of ether oxygens (including phenoxy) is 1. The molecule has 1 aliphatic carbocycles. The third-order valence-corrected chi connectivity index (χ3v) is 4.32. The zero-order valence-electron chi connectivity index (χ0n) is 14.3. The Morgan fingerprint density at radius 1 is 1.42 bits per heavy atom. The average Bonchev–Trinajstić information content (AvgIpc) is 3.32. The number of rotatable bonds is 7. The van der Waals surface area contributed by atoms with Gasteiger partial charge < -0.3 is 19.5 Å². The number of likely N-dealkylation sites (N-methyl/N-ethyl adjacent to an activating group) is 1. The van der Waals surface area contributed by atoms with E-state index in [1.807, 2.05) is 38.4 Å². The monoisotopic (exact) mass is 329 g/mol. The number of methoxy groups -OCH3 is 1. The van der Waals surface area contributed by atoms with Crippen LogP contribution in [0.5, 0.6) is 5.75 Å². The number of para-hydroxylation sites is 1. The van der Waals surface area contributed by atoms with Gasteiger partial charge in [-0.25, -0.2) is 0 Å². The summed E-state index contributed by atoms with van der Waals surface area (Å²) in [5.74, 6) is 1.85. The highest BCUT2D eigenvalue weighted by Gasteiger charge is 2.29. The smallest absolute Gasteiger partial charge is 0.273 e. The lowest BCUT2D eigenvalue weighted by molar-refractivity contribution is 0.0932. The van der Waals surface area contributed by atoms with E-state index in [1.54, 1.807) is 13.2 Å². The molecule has 3 rings (SSSR count). The highest BCUT2D eigenvalue weighted by Crippen LogP contribution is 2.40. The maximum atomic E-state index is 12.3. The first-order chi connectivity index (χ1) is 11.6. The van der Waals surface area contributed by atoms with Crippen LogP contribution in [0.4, 0.5) is 0 Å². The van der Waals surface area contributed by atoms with Crippen molar-refractivity contribution in [3.05, 3.63) is 47.3 Å². The van der Waals surface area contributed by atoms with E-state index in [-0.39, 0.29) is 11.9 Å². The summed E-state index contributed by atoms with van der Waals surface area (Å²) in [7, 11) is 5.61. The fourth-order valence-corrected chi connectivity index (χ4v) is 2.75. The molecule has 1 N–H and O–H groups in total. The van der Waals surface area contributed by atoms with Gasteiger partial charge in [-0.05, 0) is 33.0 Å². The third kappa shape index (κ3) is 3.59. The van der Waals surface area contributed by atoms with Gasteiger partial charge in [0.25, 0.3) is 5.91 Å². The SMILES string of the molecule is COc1ccccc1[C@H](CNC(=O)c1cc(C2CC2)on1)N(C)C. The second-order valence-electron chi connectivity index (χ2n) is 6.32. The largest absolute Gasteiger partial charge is 0.496 e. The molecule has 6 nitrogen and oxygen atoms in total. The first-order valence-corrected chi connectivity index (χ1v) is 8.14. The molecule has 1 amide bonds. The van der Waals surface area contributed by atoms with Crippen molar-refractivity contribution in [1.82, 2.24) is 15.4 Å². The van der Waals surface area contributed by atoms with Crippen molar-refractivity contribution < 1.29 is 14.1 Å². The Bertz CT molecular complexity index is 707. The lowest BCUT2D eigenvalue weighted by atomic mass is 10.0. The van der Waals surface area contributed by atoms with Crippen LogP contribution < -0.4 is 10.1 Å². The van der Waals surface area contributed by atoms with E-state index >= 15 is 0 Å². The van der Waals surface area contributed by atoms with E-state index in [9.17, 15) is 4.79 Å². The number of hydrogen-bond acceptors (Lipinski definition) is 5. The molecule has 1 aliphatic rings. The molecule has 1 heterocycles. The zero-order chi connectivity index (χ0) is 17.1. The van der Waals surface area contributed by atoms with E-state index in [1.165, 1.54) is 0 Å². The Balaban J connectivity index is 1.68. The Kier molecular flexibility index (Phi) is 4.85. The Hall–Kier alpha value is -2.34. The highest BCUT2D eigenvalue weighted by molar-refractivity contribution is 5.92. The molecule has 0 bridgehead atoms. The topological polar surface area (TPSA) is 67.6 Å². The number of aromatic nitrogens is 1. The third-order valence-electron chi connectivity index (χ3n) is 4.32. The van der Waals surface area contributed by atoms with Crippen LogP contribution in [0.3, 0.4) is 0 Å². The van der Waals surface area contributed by atoms with Gasteiger partial charge in [0.1, 0.15) is 11.5 Å². The van der Waals surface area contributed by atoms with Crippen LogP contribution in [0.25, 0.3) is 0 Å². The molecule has 1 fully saturated rings. The molecule has 0 spiro atoms. The normalized spacial score (nSPS) is 15.3. The fourth-order valence-electron chi connectivity index (χ4n) is 2.75. The van der Waals surface area contributed by atoms with Crippen molar-refractivity contribution in [2.75, 3.05) is 27.7 Å². The van der Waals surface area contributed by atoms with Gasteiger partial charge in [0.05, 0.1) is 13.2 Å². The minimum absolute atomic E-state index is 0.0000893. The number of carbonyl (C=O) groups is 1. The zero-order valence-corrected chi connectivity index (χ0v) is 14.3. The summed E-state index contributed by atoms with van der Waals surface area (Å²) in [5.41, 5.74) is 1.37. The van der Waals surface area contributed by atoms with E-state index in [0.717, 1.165) is 29.9 Å². The summed E-state index contributed by atoms with van der Waals surface area (Å²) < 4.78 is 10.7. The van der Waals surface area contributed by atoms with Crippen LogP contribution >= 0.6 is 0 Å². The molecule has 128 valence electrons. The van der Waals surface area contributed by atoms with Crippen molar-refractivity contribution in [2.45, 2.75) is 24.8 Å². The van der Waals surface area contributed by atoms with E-state index in [4.69, 9.17) is 9.26 Å². The standard InChI is InChI=1S/C18H23N3O3/c1-21(2)15(13-6-4-5-7-16(13)23-3)11-19-18(22)14-10-17(24-20-14)12-8-9-12/h4-7,10,12,15H,8-9,11H2,1-3H3,(H,19,22)/t15-/m0/s1. The molecule has 6 heteroatoms. The molecule has 1 aromatic carbocycles. The molecule has 0 radical (unpaired) electrons. The predicted octanol–water partition coefficient (Wildman–Crippen LogP) is 2.59. The summed E-state index contributed by atoms with van der Waals surface area (Å²) in [6.07, 6.45) is 2.24. The number of hydrogen-bond donors (Lipinski definition) is 1. The van der Waals surface area contributed by atoms with E-state index in [2.05, 4.69) is 15.4 Å². The Labute approximate surface area is 141 Å². The molecule has 0 saturated heterocycles. The van der Waals surface area contributed by atoms with Crippen molar-refractivity contribution in [1.29, 1.82) is 0 Å². The lowest BCUT2D eigenvalue weighted by Crippen LogP contribution is -2.34. The van der Waals surface area contributed by atoms with Gasteiger partial charge in [-0.2, -0.15) is 0 Å². The molecule has 1 saturated carbocycles. The molecule has 1 atom stereocenters. The quantitative estimate of drug-likeness (QED) is 0.846. The summed E-state index contributed by atoms with van der Waals surface area (Å²) in [6, 6.07) is 9.59. The Morgan fingerprint density at radius 3 is 2.83 bits per heavy atom. The van der Waals surface area contributed by atoms with Gasteiger partial charge >= 0.3 is 0 Å². The predicted molar refractivity (Wildman–Crippen MR) is 90.2 cm³/mol.